The van der Waals surface area contributed by atoms with E-state index in [1.807, 2.05) is 28.9 Å². The molecule has 1 aromatic carbocycles. The van der Waals surface area contributed by atoms with Crippen molar-refractivity contribution in [3.05, 3.63) is 41.1 Å². The van der Waals surface area contributed by atoms with Gasteiger partial charge in [-0.3, -0.25) is 4.79 Å². The minimum atomic E-state index is -0.233. The van der Waals surface area contributed by atoms with Crippen LogP contribution in [-0.4, -0.2) is 33.4 Å². The fourth-order valence-corrected chi connectivity index (χ4v) is 4.51. The summed E-state index contributed by atoms with van der Waals surface area (Å²) in [5.41, 5.74) is 2.85. The highest BCUT2D eigenvalue weighted by molar-refractivity contribution is 7.99. The molecule has 2 aromatic rings. The normalized spacial score (nSPS) is 18.7. The molecule has 1 atom stereocenters. The third-order valence-corrected chi connectivity index (χ3v) is 5.93. The third-order valence-electron chi connectivity index (χ3n) is 5.01. The number of ketones is 1. The van der Waals surface area contributed by atoms with Crippen LogP contribution in [0.3, 0.4) is 0 Å². The Labute approximate surface area is 163 Å². The van der Waals surface area contributed by atoms with Crippen LogP contribution in [0, 0.1) is 0 Å². The first-order valence-electron chi connectivity index (χ1n) is 9.47. The number of hydrogen-bond acceptors (Lipinski definition) is 6. The quantitative estimate of drug-likeness (QED) is 0.595. The zero-order valence-electron chi connectivity index (χ0n) is 15.7. The largest absolute Gasteiger partial charge is 0.497 e. The number of fused-ring (bicyclic) bond motifs is 1. The van der Waals surface area contributed by atoms with Crippen molar-refractivity contribution in [1.29, 1.82) is 0 Å². The monoisotopic (exact) mass is 384 g/mol. The highest BCUT2D eigenvalue weighted by Gasteiger charge is 2.36. The summed E-state index contributed by atoms with van der Waals surface area (Å²) in [5, 5.41) is 8.87. The van der Waals surface area contributed by atoms with Gasteiger partial charge in [0.05, 0.1) is 7.11 Å². The zero-order valence-corrected chi connectivity index (χ0v) is 16.5. The molecule has 1 aliphatic carbocycles. The fourth-order valence-electron chi connectivity index (χ4n) is 3.60. The van der Waals surface area contributed by atoms with Gasteiger partial charge >= 0.3 is 0 Å². The molecule has 0 saturated carbocycles. The van der Waals surface area contributed by atoms with Crippen molar-refractivity contribution in [2.45, 2.75) is 50.2 Å². The van der Waals surface area contributed by atoms with E-state index < -0.39 is 0 Å². The molecular formula is C20H24N4O2S. The van der Waals surface area contributed by atoms with Crippen LogP contribution in [0.15, 0.2) is 40.7 Å². The van der Waals surface area contributed by atoms with Crippen LogP contribution >= 0.6 is 11.8 Å². The number of nitrogens with one attached hydrogen (secondary N) is 1. The lowest BCUT2D eigenvalue weighted by Gasteiger charge is -2.32. The van der Waals surface area contributed by atoms with E-state index in [2.05, 4.69) is 17.2 Å². The van der Waals surface area contributed by atoms with Crippen molar-refractivity contribution in [3.63, 3.8) is 0 Å². The SMILES string of the molecule is CCCCSc1nc2n(n1)[C@H](c1ccc(OC)cc1)C1=C(CCCC1=O)N2. The molecule has 6 nitrogen and oxygen atoms in total. The molecule has 1 N–H and O–H groups in total. The first-order valence-corrected chi connectivity index (χ1v) is 10.5. The van der Waals surface area contributed by atoms with Crippen molar-refractivity contribution >= 4 is 23.5 Å². The minimum Gasteiger partial charge on any atom is -0.497 e. The van der Waals surface area contributed by atoms with E-state index in [-0.39, 0.29) is 11.8 Å². The third kappa shape index (κ3) is 3.48. The van der Waals surface area contributed by atoms with E-state index in [1.54, 1.807) is 18.9 Å². The van der Waals surface area contributed by atoms with Gasteiger partial charge in [0.15, 0.2) is 5.78 Å². The van der Waals surface area contributed by atoms with Gasteiger partial charge in [-0.15, -0.1) is 5.10 Å². The van der Waals surface area contributed by atoms with Crippen LogP contribution in [0.25, 0.3) is 0 Å². The molecule has 2 aliphatic rings. The van der Waals surface area contributed by atoms with E-state index in [9.17, 15) is 4.79 Å². The lowest BCUT2D eigenvalue weighted by Crippen LogP contribution is -2.31. The second kappa shape index (κ2) is 7.76. The van der Waals surface area contributed by atoms with Crippen molar-refractivity contribution < 1.29 is 9.53 Å². The highest BCUT2D eigenvalue weighted by Crippen LogP contribution is 2.40. The minimum absolute atomic E-state index is 0.200. The van der Waals surface area contributed by atoms with Gasteiger partial charge in [-0.2, -0.15) is 4.98 Å². The predicted octanol–water partition coefficient (Wildman–Crippen LogP) is 4.20. The lowest BCUT2D eigenvalue weighted by atomic mass is 9.85. The maximum atomic E-state index is 12.8. The smallest absolute Gasteiger partial charge is 0.227 e. The standard InChI is InChI=1S/C20H24N4O2S/c1-3-4-12-27-20-22-19-21-15-6-5-7-16(25)17(15)18(24(19)23-20)13-8-10-14(26-2)11-9-13/h8-11,18H,3-7,12H2,1-2H3,(H,21,22,23)/t18-/m1/s1. The summed E-state index contributed by atoms with van der Waals surface area (Å²) in [6.45, 7) is 2.18. The number of methoxy groups -OCH3 is 1. The first kappa shape index (κ1) is 18.1. The maximum absolute atomic E-state index is 12.8. The van der Waals surface area contributed by atoms with E-state index in [0.29, 0.717) is 6.42 Å². The van der Waals surface area contributed by atoms with E-state index >= 15 is 0 Å². The van der Waals surface area contributed by atoms with Gasteiger partial charge in [0, 0.05) is 23.4 Å². The summed E-state index contributed by atoms with van der Waals surface area (Å²) in [6, 6.07) is 7.65. The number of aromatic nitrogens is 3. The van der Waals surface area contributed by atoms with Crippen LogP contribution in [0.4, 0.5) is 5.95 Å². The molecule has 4 rings (SSSR count). The number of thioether (sulfide) groups is 1. The Morgan fingerprint density at radius 1 is 1.30 bits per heavy atom. The molecule has 27 heavy (non-hydrogen) atoms. The lowest BCUT2D eigenvalue weighted by molar-refractivity contribution is -0.116. The summed E-state index contributed by atoms with van der Waals surface area (Å²) in [6.07, 6.45) is 4.63. The molecular weight excluding hydrogens is 360 g/mol. The number of Topliss-reactive ketones (excluding diaryl/α,β-unsaturated/α-hetero) is 1. The number of carbonyl (C=O) groups excluding carboxylic acids is 1. The van der Waals surface area contributed by atoms with Gasteiger partial charge in [0.25, 0.3) is 0 Å². The van der Waals surface area contributed by atoms with Crippen molar-refractivity contribution in [2.75, 3.05) is 18.2 Å². The second-order valence-corrected chi connectivity index (χ2v) is 7.90. The summed E-state index contributed by atoms with van der Waals surface area (Å²) in [7, 11) is 1.65. The second-order valence-electron chi connectivity index (χ2n) is 6.83. The van der Waals surface area contributed by atoms with Gasteiger partial charge < -0.3 is 10.1 Å². The van der Waals surface area contributed by atoms with Gasteiger partial charge in [-0.05, 0) is 37.0 Å². The summed E-state index contributed by atoms with van der Waals surface area (Å²) in [4.78, 5) is 17.5. The number of hydrogen-bond donors (Lipinski definition) is 1. The molecule has 0 radical (unpaired) electrons. The topological polar surface area (TPSA) is 69.0 Å². The maximum Gasteiger partial charge on any atom is 0.227 e. The van der Waals surface area contributed by atoms with Crippen molar-refractivity contribution in [2.24, 2.45) is 0 Å². The van der Waals surface area contributed by atoms with Gasteiger partial charge in [-0.25, -0.2) is 4.68 Å². The Morgan fingerprint density at radius 2 is 2.11 bits per heavy atom. The molecule has 0 unspecified atom stereocenters. The molecule has 1 aromatic heterocycles. The number of nitrogens with zero attached hydrogens (tertiary/aromatic N) is 3. The highest BCUT2D eigenvalue weighted by atomic mass is 32.2. The van der Waals surface area contributed by atoms with E-state index in [0.717, 1.165) is 65.1 Å². The van der Waals surface area contributed by atoms with Crippen molar-refractivity contribution in [3.8, 4) is 5.75 Å². The molecule has 2 heterocycles. The number of ether oxygens (including phenoxy) is 1. The van der Waals surface area contributed by atoms with Crippen LogP contribution in [0.1, 0.15) is 50.6 Å². The van der Waals surface area contributed by atoms with Crippen LogP contribution in [-0.2, 0) is 4.79 Å². The van der Waals surface area contributed by atoms with E-state index in [1.165, 1.54) is 0 Å². The Morgan fingerprint density at radius 3 is 2.85 bits per heavy atom. The van der Waals surface area contributed by atoms with Crippen LogP contribution in [0.5, 0.6) is 5.75 Å². The Kier molecular flexibility index (Phi) is 5.20. The average molecular weight is 385 g/mol. The predicted molar refractivity (Wildman–Crippen MR) is 106 cm³/mol. The fraction of sp³-hybridized carbons (Fsp3) is 0.450. The molecule has 0 spiro atoms. The van der Waals surface area contributed by atoms with Gasteiger partial charge in [0.2, 0.25) is 11.1 Å². The van der Waals surface area contributed by atoms with Crippen LogP contribution in [0.2, 0.25) is 0 Å². The number of benzene rings is 1. The zero-order chi connectivity index (χ0) is 18.8. The molecule has 142 valence electrons. The van der Waals surface area contributed by atoms with E-state index in [4.69, 9.17) is 9.84 Å². The Hall–Kier alpha value is -2.28. The molecule has 0 amide bonds. The number of allylic oxidation sites excluding steroid dienone is 2. The van der Waals surface area contributed by atoms with Crippen molar-refractivity contribution in [1.82, 2.24) is 14.8 Å². The first-order chi connectivity index (χ1) is 13.2. The number of unbranched alkanes of at least 4 members (excludes halogenated alkanes) is 1. The number of rotatable bonds is 6. The number of carbonyl (C=O) groups is 1. The number of anilines is 1. The molecule has 7 heteroatoms. The van der Waals surface area contributed by atoms with Crippen LogP contribution < -0.4 is 10.1 Å². The molecule has 0 bridgehead atoms. The molecule has 0 fully saturated rings. The Bertz CT molecular complexity index is 873. The summed E-state index contributed by atoms with van der Waals surface area (Å²) >= 11 is 1.67. The Balaban J connectivity index is 1.75. The van der Waals surface area contributed by atoms with Gasteiger partial charge in [0.1, 0.15) is 11.8 Å². The molecule has 1 aliphatic heterocycles. The average Bonchev–Trinajstić information content (AvgIpc) is 3.09. The molecule has 0 saturated heterocycles. The summed E-state index contributed by atoms with van der Waals surface area (Å²) < 4.78 is 7.16. The summed E-state index contributed by atoms with van der Waals surface area (Å²) in [5.74, 6) is 2.72. The van der Waals surface area contributed by atoms with Gasteiger partial charge in [-0.1, -0.05) is 37.2 Å².